The fraction of sp³-hybridized carbons (Fsp3) is 0.562. The Kier molecular flexibility index (Phi) is 7.57. The van der Waals surface area contributed by atoms with Gasteiger partial charge in [0, 0.05) is 16.2 Å². The Morgan fingerprint density at radius 1 is 1.29 bits per heavy atom. The topological polar surface area (TPSA) is 55.1 Å². The average Bonchev–Trinajstić information content (AvgIpc) is 2.92. The molecule has 2 atom stereocenters. The van der Waals surface area contributed by atoms with Crippen LogP contribution in [-0.2, 0) is 4.79 Å². The highest BCUT2D eigenvalue weighted by molar-refractivity contribution is 8.00. The van der Waals surface area contributed by atoms with Crippen molar-refractivity contribution in [3.8, 4) is 0 Å². The van der Waals surface area contributed by atoms with Crippen LogP contribution >= 0.6 is 24.2 Å². The molecule has 2 rings (SSSR count). The molecule has 0 saturated heterocycles. The van der Waals surface area contributed by atoms with E-state index in [0.717, 1.165) is 5.69 Å². The smallest absolute Gasteiger partial charge is 0.228 e. The Balaban J connectivity index is 0.00000220. The summed E-state index contributed by atoms with van der Waals surface area (Å²) in [6.07, 6.45) is 5.22. The van der Waals surface area contributed by atoms with E-state index in [0.29, 0.717) is 5.25 Å². The van der Waals surface area contributed by atoms with E-state index in [4.69, 9.17) is 5.73 Å². The van der Waals surface area contributed by atoms with Crippen LogP contribution in [0.1, 0.15) is 39.5 Å². The van der Waals surface area contributed by atoms with E-state index in [1.165, 1.54) is 30.6 Å². The van der Waals surface area contributed by atoms with Gasteiger partial charge in [0.15, 0.2) is 0 Å². The Morgan fingerprint density at radius 3 is 2.52 bits per heavy atom. The van der Waals surface area contributed by atoms with Crippen molar-refractivity contribution < 1.29 is 4.79 Å². The standard InChI is InChI=1S/C16H24N2OS.ClH/c1-11(12(2)17)16(19)18-14-9-5-6-10-15(14)20-13-7-3-4-8-13;/h5-6,9-13H,3-4,7-8,17H2,1-2H3,(H,18,19);1H. The SMILES string of the molecule is CC(N)C(C)C(=O)Nc1ccccc1SC1CCCC1.Cl. The quantitative estimate of drug-likeness (QED) is 0.856. The molecule has 5 heteroatoms. The number of anilines is 1. The molecule has 0 heterocycles. The summed E-state index contributed by atoms with van der Waals surface area (Å²) in [6.45, 7) is 3.73. The van der Waals surface area contributed by atoms with E-state index >= 15 is 0 Å². The summed E-state index contributed by atoms with van der Waals surface area (Å²) in [6, 6.07) is 7.93. The summed E-state index contributed by atoms with van der Waals surface area (Å²) in [7, 11) is 0. The molecule has 1 aromatic rings. The molecule has 0 bridgehead atoms. The van der Waals surface area contributed by atoms with Crippen LogP contribution in [0.25, 0.3) is 0 Å². The Labute approximate surface area is 137 Å². The van der Waals surface area contributed by atoms with Gasteiger partial charge in [0.05, 0.1) is 11.6 Å². The van der Waals surface area contributed by atoms with Crippen molar-refractivity contribution in [2.24, 2.45) is 11.7 Å². The van der Waals surface area contributed by atoms with E-state index in [-0.39, 0.29) is 30.3 Å². The van der Waals surface area contributed by atoms with Gasteiger partial charge in [0.25, 0.3) is 0 Å². The number of benzene rings is 1. The maximum absolute atomic E-state index is 12.1. The predicted molar refractivity (Wildman–Crippen MR) is 93.2 cm³/mol. The minimum absolute atomic E-state index is 0. The van der Waals surface area contributed by atoms with Crippen molar-refractivity contribution in [1.29, 1.82) is 0 Å². The van der Waals surface area contributed by atoms with E-state index in [9.17, 15) is 4.79 Å². The second-order valence-corrected chi connectivity index (χ2v) is 7.00. The minimum Gasteiger partial charge on any atom is -0.327 e. The van der Waals surface area contributed by atoms with E-state index < -0.39 is 0 Å². The Morgan fingerprint density at radius 2 is 1.90 bits per heavy atom. The molecular weight excluding hydrogens is 304 g/mol. The zero-order valence-electron chi connectivity index (χ0n) is 12.7. The van der Waals surface area contributed by atoms with Crippen LogP contribution in [0.15, 0.2) is 29.2 Å². The molecule has 118 valence electrons. The number of hydrogen-bond acceptors (Lipinski definition) is 3. The van der Waals surface area contributed by atoms with Gasteiger partial charge in [-0.25, -0.2) is 0 Å². The van der Waals surface area contributed by atoms with Gasteiger partial charge >= 0.3 is 0 Å². The van der Waals surface area contributed by atoms with Crippen molar-refractivity contribution in [2.45, 2.75) is 55.7 Å². The summed E-state index contributed by atoms with van der Waals surface area (Å²) in [4.78, 5) is 13.3. The van der Waals surface area contributed by atoms with Crippen LogP contribution in [-0.4, -0.2) is 17.2 Å². The average molecular weight is 329 g/mol. The molecule has 1 aliphatic rings. The number of halogens is 1. The van der Waals surface area contributed by atoms with Gasteiger partial charge in [-0.15, -0.1) is 24.2 Å². The molecule has 1 aromatic carbocycles. The highest BCUT2D eigenvalue weighted by Gasteiger charge is 2.20. The van der Waals surface area contributed by atoms with Crippen LogP contribution < -0.4 is 11.1 Å². The molecule has 0 radical (unpaired) electrons. The summed E-state index contributed by atoms with van der Waals surface area (Å²) < 4.78 is 0. The highest BCUT2D eigenvalue weighted by Crippen LogP contribution is 2.38. The van der Waals surface area contributed by atoms with Gasteiger partial charge in [-0.05, 0) is 31.9 Å². The summed E-state index contributed by atoms with van der Waals surface area (Å²) in [5.41, 5.74) is 6.71. The van der Waals surface area contributed by atoms with Gasteiger partial charge in [-0.3, -0.25) is 4.79 Å². The molecule has 0 spiro atoms. The molecule has 3 N–H and O–H groups in total. The second kappa shape index (κ2) is 8.66. The van der Waals surface area contributed by atoms with Gasteiger partial charge in [0.2, 0.25) is 5.91 Å². The number of carbonyl (C=O) groups excluding carboxylic acids is 1. The lowest BCUT2D eigenvalue weighted by Crippen LogP contribution is -2.34. The molecule has 1 aliphatic carbocycles. The largest absolute Gasteiger partial charge is 0.327 e. The highest BCUT2D eigenvalue weighted by atomic mass is 35.5. The number of nitrogens with one attached hydrogen (secondary N) is 1. The van der Waals surface area contributed by atoms with Crippen LogP contribution in [0, 0.1) is 5.92 Å². The van der Waals surface area contributed by atoms with Crippen LogP contribution in [0.5, 0.6) is 0 Å². The predicted octanol–water partition coefficient (Wildman–Crippen LogP) is 4.06. The van der Waals surface area contributed by atoms with Crippen molar-refractivity contribution in [1.82, 2.24) is 0 Å². The fourth-order valence-electron chi connectivity index (χ4n) is 2.34. The van der Waals surface area contributed by atoms with Crippen LogP contribution in [0.2, 0.25) is 0 Å². The third-order valence-corrected chi connectivity index (χ3v) is 5.36. The first-order valence-corrected chi connectivity index (χ1v) is 8.28. The summed E-state index contributed by atoms with van der Waals surface area (Å²) in [5.74, 6) is -0.181. The van der Waals surface area contributed by atoms with E-state index in [1.54, 1.807) is 0 Å². The zero-order valence-corrected chi connectivity index (χ0v) is 14.3. The molecule has 3 nitrogen and oxygen atoms in total. The number of carbonyl (C=O) groups is 1. The lowest BCUT2D eigenvalue weighted by atomic mass is 10.0. The number of para-hydroxylation sites is 1. The molecule has 21 heavy (non-hydrogen) atoms. The monoisotopic (exact) mass is 328 g/mol. The first kappa shape index (κ1) is 18.3. The maximum Gasteiger partial charge on any atom is 0.228 e. The van der Waals surface area contributed by atoms with Crippen molar-refractivity contribution in [3.05, 3.63) is 24.3 Å². The van der Waals surface area contributed by atoms with Gasteiger partial charge in [-0.1, -0.05) is 31.9 Å². The normalized spacial score (nSPS) is 17.9. The number of hydrogen-bond donors (Lipinski definition) is 2. The number of nitrogens with two attached hydrogens (primary N) is 1. The first-order valence-electron chi connectivity index (χ1n) is 7.40. The Hall–Kier alpha value is -0.710. The van der Waals surface area contributed by atoms with Crippen molar-refractivity contribution in [3.63, 3.8) is 0 Å². The maximum atomic E-state index is 12.1. The second-order valence-electron chi connectivity index (χ2n) is 5.66. The lowest BCUT2D eigenvalue weighted by Gasteiger charge is -2.18. The van der Waals surface area contributed by atoms with Gasteiger partial charge in [0.1, 0.15) is 0 Å². The molecule has 1 saturated carbocycles. The van der Waals surface area contributed by atoms with Gasteiger partial charge in [-0.2, -0.15) is 0 Å². The Bertz CT molecular complexity index is 461. The summed E-state index contributed by atoms with van der Waals surface area (Å²) >= 11 is 1.89. The lowest BCUT2D eigenvalue weighted by molar-refractivity contribution is -0.119. The van der Waals surface area contributed by atoms with E-state index in [2.05, 4.69) is 11.4 Å². The number of thioether (sulfide) groups is 1. The molecular formula is C16H25ClN2OS. The first-order chi connectivity index (χ1) is 9.58. The minimum atomic E-state index is -0.181. The van der Waals surface area contributed by atoms with Crippen molar-refractivity contribution in [2.75, 3.05) is 5.32 Å². The number of rotatable bonds is 5. The van der Waals surface area contributed by atoms with Gasteiger partial charge < -0.3 is 11.1 Å². The van der Waals surface area contributed by atoms with Crippen LogP contribution in [0.3, 0.4) is 0 Å². The molecule has 1 fully saturated rings. The fourth-order valence-corrected chi connectivity index (χ4v) is 3.68. The third kappa shape index (κ3) is 5.20. The van der Waals surface area contributed by atoms with Crippen molar-refractivity contribution >= 4 is 35.8 Å². The summed E-state index contributed by atoms with van der Waals surface area (Å²) in [5, 5.41) is 3.72. The van der Waals surface area contributed by atoms with Crippen LogP contribution in [0.4, 0.5) is 5.69 Å². The molecule has 0 aromatic heterocycles. The number of amides is 1. The molecule has 0 aliphatic heterocycles. The molecule has 2 unspecified atom stereocenters. The zero-order chi connectivity index (χ0) is 14.5. The van der Waals surface area contributed by atoms with E-state index in [1.807, 2.05) is 43.8 Å². The molecule has 1 amide bonds. The third-order valence-electron chi connectivity index (χ3n) is 3.94.